The minimum absolute atomic E-state index is 0.131. The number of hydrogen-bond donors (Lipinski definition) is 2. The summed E-state index contributed by atoms with van der Waals surface area (Å²) < 4.78 is 49.9. The summed E-state index contributed by atoms with van der Waals surface area (Å²) in [4.78, 5) is 23.2. The van der Waals surface area contributed by atoms with E-state index in [2.05, 4.69) is 5.32 Å². The van der Waals surface area contributed by atoms with Gasteiger partial charge in [-0.25, -0.2) is 17.6 Å². The average molecular weight is 502 g/mol. The van der Waals surface area contributed by atoms with E-state index in [-0.39, 0.29) is 10.6 Å². The second kappa shape index (κ2) is 10.1. The number of sulfone groups is 1. The van der Waals surface area contributed by atoms with Gasteiger partial charge in [0, 0.05) is 11.8 Å². The largest absolute Gasteiger partial charge is 0.507 e. The number of aryl methyl sites for hydroxylation is 2. The molecule has 0 aliphatic heterocycles. The maximum atomic E-state index is 13.2. The van der Waals surface area contributed by atoms with Gasteiger partial charge in [-0.2, -0.15) is 0 Å². The third kappa shape index (κ3) is 5.96. The molecule has 3 aromatic carbocycles. The van der Waals surface area contributed by atoms with Gasteiger partial charge in [-0.1, -0.05) is 0 Å². The van der Waals surface area contributed by atoms with Gasteiger partial charge in [0.05, 0.1) is 11.0 Å². The molecule has 3 rings (SSSR count). The first-order valence-electron chi connectivity index (χ1n) is 10.5. The lowest BCUT2D eigenvalue weighted by Crippen LogP contribution is -2.27. The molecule has 0 unspecified atom stereocenters. The Balaban J connectivity index is 1.87. The van der Waals surface area contributed by atoms with Crippen molar-refractivity contribution >= 4 is 27.4 Å². The maximum absolute atomic E-state index is 13.2. The highest BCUT2D eigenvalue weighted by Crippen LogP contribution is 2.36. The van der Waals surface area contributed by atoms with Gasteiger partial charge in [-0.3, -0.25) is 4.79 Å². The molecule has 0 heterocycles. The molecule has 0 aromatic heterocycles. The smallest absolute Gasteiger partial charge is 0.397 e. The van der Waals surface area contributed by atoms with Crippen LogP contribution in [-0.2, 0) is 24.2 Å². The van der Waals surface area contributed by atoms with Crippen molar-refractivity contribution in [1.82, 2.24) is 0 Å². The van der Waals surface area contributed by atoms with Crippen molar-refractivity contribution in [3.63, 3.8) is 0 Å². The summed E-state index contributed by atoms with van der Waals surface area (Å²) in [7, 11) is -4.15. The van der Waals surface area contributed by atoms with Crippen molar-refractivity contribution in [1.29, 1.82) is 0 Å². The molecule has 0 saturated carbocycles. The van der Waals surface area contributed by atoms with Crippen LogP contribution >= 0.6 is 0 Å². The fraction of sp³-hybridized carbons (Fsp3) is 0.200. The molecule has 0 aliphatic carbocycles. The minimum Gasteiger partial charge on any atom is -0.507 e. The topological polar surface area (TPSA) is 119 Å². The zero-order chi connectivity index (χ0) is 25.9. The number of amides is 1. The molecule has 1 amide bonds. The number of rotatable bonds is 6. The van der Waals surface area contributed by atoms with E-state index in [9.17, 15) is 27.5 Å². The van der Waals surface area contributed by atoms with Crippen LogP contribution in [0.5, 0.6) is 17.2 Å². The van der Waals surface area contributed by atoms with Gasteiger partial charge in [0.1, 0.15) is 28.0 Å². The van der Waals surface area contributed by atoms with Crippen molar-refractivity contribution < 1.29 is 37.0 Å². The number of esters is 1. The molecule has 0 fully saturated rings. The third-order valence-corrected chi connectivity index (χ3v) is 6.61. The zero-order valence-corrected chi connectivity index (χ0v) is 20.3. The first-order chi connectivity index (χ1) is 16.4. The van der Waals surface area contributed by atoms with Crippen LogP contribution in [0.1, 0.15) is 25.0 Å². The third-order valence-electron chi connectivity index (χ3n) is 4.81. The summed E-state index contributed by atoms with van der Waals surface area (Å²) in [6.45, 7) is 6.68. The second-order valence-corrected chi connectivity index (χ2v) is 9.95. The van der Waals surface area contributed by atoms with Crippen LogP contribution in [0.2, 0.25) is 0 Å². The van der Waals surface area contributed by atoms with Crippen molar-refractivity contribution in [3.8, 4) is 17.2 Å². The summed E-state index contributed by atoms with van der Waals surface area (Å²) in [6, 6.07) is 11.2. The highest BCUT2D eigenvalue weighted by Gasteiger charge is 2.23. The van der Waals surface area contributed by atoms with Gasteiger partial charge in [0.25, 0.3) is 0 Å². The minimum atomic E-state index is -4.15. The number of hydrogen-bond acceptors (Lipinski definition) is 7. The Hall–Kier alpha value is -3.92. The molecule has 10 heteroatoms. The van der Waals surface area contributed by atoms with Crippen LogP contribution < -0.4 is 10.1 Å². The molecular weight excluding hydrogens is 477 g/mol. The number of carbonyl (C=O) groups is 2. The molecule has 2 N–H and O–H groups in total. The molecule has 0 bridgehead atoms. The predicted molar refractivity (Wildman–Crippen MR) is 126 cm³/mol. The Morgan fingerprint density at radius 3 is 2.14 bits per heavy atom. The standard InChI is InChI=1S/C25H24FNO7S/c1-14(2)33-25(30)24(29)27-18-11-15(3)23(16(4)12-18)34-19-7-10-21(28)22(13-19)35(31,32)20-8-5-17(26)6-9-20/h5-14,28H,1-4H3,(H,27,29). The van der Waals surface area contributed by atoms with Crippen molar-refractivity contribution in [2.45, 2.75) is 43.6 Å². The van der Waals surface area contributed by atoms with Gasteiger partial charge >= 0.3 is 11.9 Å². The quantitative estimate of drug-likeness (QED) is 0.286. The van der Waals surface area contributed by atoms with Gasteiger partial charge in [0.15, 0.2) is 0 Å². The second-order valence-electron chi connectivity index (χ2n) is 8.04. The normalized spacial score (nSPS) is 11.3. The maximum Gasteiger partial charge on any atom is 0.397 e. The number of anilines is 1. The van der Waals surface area contributed by atoms with Crippen LogP contribution in [0.3, 0.4) is 0 Å². The summed E-state index contributed by atoms with van der Waals surface area (Å²) in [6.07, 6.45) is -0.436. The first-order valence-corrected chi connectivity index (χ1v) is 12.0. The van der Waals surface area contributed by atoms with E-state index < -0.39 is 44.3 Å². The van der Waals surface area contributed by atoms with E-state index in [0.717, 1.165) is 24.3 Å². The number of ether oxygens (including phenoxy) is 2. The molecule has 184 valence electrons. The number of carbonyl (C=O) groups excluding carboxylic acids is 2. The number of phenols is 1. The molecule has 0 saturated heterocycles. The molecule has 3 aromatic rings. The van der Waals surface area contributed by atoms with Gasteiger partial charge in [-0.05, 0) is 87.4 Å². The van der Waals surface area contributed by atoms with Crippen LogP contribution in [0.25, 0.3) is 0 Å². The van der Waals surface area contributed by atoms with E-state index in [1.54, 1.807) is 39.8 Å². The van der Waals surface area contributed by atoms with Gasteiger partial charge in [-0.15, -0.1) is 0 Å². The number of halogens is 1. The predicted octanol–water partition coefficient (Wildman–Crippen LogP) is 4.66. The molecule has 35 heavy (non-hydrogen) atoms. The highest BCUT2D eigenvalue weighted by molar-refractivity contribution is 7.91. The number of aromatic hydroxyl groups is 1. The number of phenolic OH excluding ortho intramolecular Hbond substituents is 1. The molecular formula is C25H24FNO7S. The van der Waals surface area contributed by atoms with Crippen LogP contribution in [-0.4, -0.2) is 31.5 Å². The van der Waals surface area contributed by atoms with E-state index >= 15 is 0 Å². The lowest BCUT2D eigenvalue weighted by molar-refractivity contribution is -0.155. The lowest BCUT2D eigenvalue weighted by atomic mass is 10.1. The summed E-state index contributed by atoms with van der Waals surface area (Å²) in [5.74, 6) is -2.47. The van der Waals surface area contributed by atoms with Gasteiger partial charge in [0.2, 0.25) is 9.84 Å². The van der Waals surface area contributed by atoms with Crippen LogP contribution in [0.15, 0.2) is 64.4 Å². The summed E-state index contributed by atoms with van der Waals surface area (Å²) in [5.41, 5.74) is 1.53. The Morgan fingerprint density at radius 1 is 0.971 bits per heavy atom. The Labute approximate surface area is 202 Å². The Morgan fingerprint density at radius 2 is 1.57 bits per heavy atom. The van der Waals surface area contributed by atoms with Gasteiger partial charge < -0.3 is 19.9 Å². The van der Waals surface area contributed by atoms with E-state index in [1.807, 2.05) is 0 Å². The first kappa shape index (κ1) is 25.7. The zero-order valence-electron chi connectivity index (χ0n) is 19.5. The summed E-state index contributed by atoms with van der Waals surface area (Å²) in [5, 5.41) is 12.7. The van der Waals surface area contributed by atoms with Crippen LogP contribution in [0, 0.1) is 19.7 Å². The number of benzene rings is 3. The van der Waals surface area contributed by atoms with Crippen molar-refractivity contribution in [3.05, 3.63) is 71.5 Å². The molecule has 0 aliphatic rings. The van der Waals surface area contributed by atoms with Crippen LogP contribution in [0.4, 0.5) is 10.1 Å². The van der Waals surface area contributed by atoms with E-state index in [0.29, 0.717) is 22.6 Å². The van der Waals surface area contributed by atoms with Crippen molar-refractivity contribution in [2.75, 3.05) is 5.32 Å². The van der Waals surface area contributed by atoms with E-state index in [1.165, 1.54) is 18.2 Å². The fourth-order valence-electron chi connectivity index (χ4n) is 3.26. The highest BCUT2D eigenvalue weighted by atomic mass is 32.2. The molecule has 0 radical (unpaired) electrons. The van der Waals surface area contributed by atoms with E-state index in [4.69, 9.17) is 9.47 Å². The molecule has 0 atom stereocenters. The number of nitrogens with one attached hydrogen (secondary N) is 1. The molecule has 0 spiro atoms. The lowest BCUT2D eigenvalue weighted by Gasteiger charge is -2.16. The Kier molecular flexibility index (Phi) is 7.45. The fourth-order valence-corrected chi connectivity index (χ4v) is 4.63. The summed E-state index contributed by atoms with van der Waals surface area (Å²) >= 11 is 0. The monoisotopic (exact) mass is 501 g/mol. The SMILES string of the molecule is Cc1cc(NC(=O)C(=O)OC(C)C)cc(C)c1Oc1ccc(O)c(S(=O)(=O)c2ccc(F)cc2)c1. The van der Waals surface area contributed by atoms with Crippen molar-refractivity contribution in [2.24, 2.45) is 0 Å². The Bertz CT molecular complexity index is 1360. The average Bonchev–Trinajstić information content (AvgIpc) is 2.77. The molecule has 8 nitrogen and oxygen atoms in total.